The number of likely N-dealkylation sites (tertiary alicyclic amines) is 1. The van der Waals surface area contributed by atoms with Crippen molar-refractivity contribution in [3.8, 4) is 17.3 Å². The molecule has 0 aromatic carbocycles. The van der Waals surface area contributed by atoms with Gasteiger partial charge in [0.25, 0.3) is 0 Å². The van der Waals surface area contributed by atoms with Crippen molar-refractivity contribution < 1.29 is 4.74 Å². The Hall–Kier alpha value is -1.95. The van der Waals surface area contributed by atoms with E-state index in [4.69, 9.17) is 4.74 Å². The van der Waals surface area contributed by atoms with Crippen molar-refractivity contribution in [3.05, 3.63) is 23.9 Å². The van der Waals surface area contributed by atoms with Crippen LogP contribution in [-0.2, 0) is 7.05 Å². The van der Waals surface area contributed by atoms with Crippen LogP contribution in [0.5, 0.6) is 5.88 Å². The Balaban J connectivity index is 0.999. The van der Waals surface area contributed by atoms with E-state index in [2.05, 4.69) is 34.0 Å². The Bertz CT molecular complexity index is 979. The van der Waals surface area contributed by atoms with Gasteiger partial charge in [0.15, 0.2) is 0 Å². The lowest BCUT2D eigenvalue weighted by molar-refractivity contribution is -0.00681. The van der Waals surface area contributed by atoms with Crippen LogP contribution >= 0.6 is 0 Å². The van der Waals surface area contributed by atoms with Crippen molar-refractivity contribution in [2.24, 2.45) is 48.0 Å². The Morgan fingerprint density at radius 3 is 2.29 bits per heavy atom. The number of hydrogen-bond acceptors (Lipinski definition) is 5. The molecule has 3 heterocycles. The van der Waals surface area contributed by atoms with Gasteiger partial charge in [-0.25, -0.2) is 0 Å². The third-order valence-corrected chi connectivity index (χ3v) is 9.71. The molecule has 3 unspecified atom stereocenters. The van der Waals surface area contributed by atoms with Gasteiger partial charge >= 0.3 is 0 Å². The maximum Gasteiger partial charge on any atom is 0.233 e. The molecule has 2 aromatic rings. The molecule has 6 heteroatoms. The molecule has 6 nitrogen and oxygen atoms in total. The quantitative estimate of drug-likeness (QED) is 0.559. The Morgan fingerprint density at radius 2 is 1.69 bits per heavy atom. The first-order chi connectivity index (χ1) is 16.9. The van der Waals surface area contributed by atoms with Gasteiger partial charge in [-0.1, -0.05) is 13.8 Å². The zero-order chi connectivity index (χ0) is 24.2. The molecule has 1 saturated heterocycles. The summed E-state index contributed by atoms with van der Waals surface area (Å²) in [5.74, 6) is 5.86. The van der Waals surface area contributed by atoms with Crippen LogP contribution in [0.4, 0.5) is 0 Å². The fourth-order valence-corrected chi connectivity index (χ4v) is 9.01. The largest absolute Gasteiger partial charge is 0.476 e. The number of ether oxygens (including phenoxy) is 1. The van der Waals surface area contributed by atoms with E-state index in [9.17, 15) is 0 Å². The molecule has 0 radical (unpaired) electrons. The van der Waals surface area contributed by atoms with Crippen molar-refractivity contribution in [2.75, 3.05) is 26.2 Å². The van der Waals surface area contributed by atoms with Gasteiger partial charge in [-0.3, -0.25) is 4.68 Å². The number of hydrogen-bond donors (Lipinski definition) is 0. The first-order valence-electron chi connectivity index (χ1n) is 14.0. The number of aryl methyl sites for hydroxylation is 2. The summed E-state index contributed by atoms with van der Waals surface area (Å²) >= 11 is 0. The summed E-state index contributed by atoms with van der Waals surface area (Å²) in [6, 6.07) is 3.95. The van der Waals surface area contributed by atoms with E-state index in [1.165, 1.54) is 64.6 Å². The van der Waals surface area contributed by atoms with Crippen molar-refractivity contribution >= 4 is 0 Å². The Labute approximate surface area is 210 Å². The van der Waals surface area contributed by atoms with E-state index in [1.54, 1.807) is 0 Å². The SMILES string of the molecule is Cc1cnn(C)c1-c1ccc(OCC2C[C@@H]3CN(CC45CC(C)CC(CC(C)C4)C5)C[C@@H]3C2)nn1. The first-order valence-corrected chi connectivity index (χ1v) is 14.0. The summed E-state index contributed by atoms with van der Waals surface area (Å²) in [7, 11) is 1.94. The van der Waals surface area contributed by atoms with Gasteiger partial charge < -0.3 is 9.64 Å². The standard InChI is InChI=1S/C29H43N5O/c1-19-7-22-8-20(2)12-29(11-19,13-22)18-34-15-24-9-23(10-25(24)16-34)17-35-27-6-5-26(31-32-27)28-21(3)14-30-33(28)4/h5-6,14,19-20,22-25H,7-13,15-18H2,1-4H3/t19?,20?,22?,23?,24-,25+,29?. The predicted molar refractivity (Wildman–Crippen MR) is 138 cm³/mol. The fourth-order valence-electron chi connectivity index (χ4n) is 9.01. The van der Waals surface area contributed by atoms with E-state index in [1.807, 2.05) is 37.0 Å². The molecule has 3 saturated carbocycles. The Kier molecular flexibility index (Phi) is 6.14. The molecule has 6 rings (SSSR count). The minimum absolute atomic E-state index is 0.611. The highest BCUT2D eigenvalue weighted by molar-refractivity contribution is 5.58. The summed E-state index contributed by atoms with van der Waals surface area (Å²) in [5, 5.41) is 13.1. The molecule has 0 spiro atoms. The number of nitrogens with zero attached hydrogens (tertiary/aromatic N) is 5. The van der Waals surface area contributed by atoms with Crippen LogP contribution in [-0.4, -0.2) is 51.1 Å². The average Bonchev–Trinajstić information content (AvgIpc) is 3.44. The lowest BCUT2D eigenvalue weighted by atomic mass is 9.56. The topological polar surface area (TPSA) is 56.1 Å². The summed E-state index contributed by atoms with van der Waals surface area (Å²) in [6.45, 7) is 11.8. The molecule has 5 atom stereocenters. The first kappa shape index (κ1) is 23.4. The second-order valence-electron chi connectivity index (χ2n) is 13.1. The molecule has 2 aromatic heterocycles. The van der Waals surface area contributed by atoms with Crippen LogP contribution in [0, 0.1) is 47.8 Å². The van der Waals surface area contributed by atoms with Gasteiger partial charge in [0, 0.05) is 32.7 Å². The average molecular weight is 478 g/mol. The monoisotopic (exact) mass is 477 g/mol. The molecule has 0 N–H and O–H groups in total. The van der Waals surface area contributed by atoms with E-state index in [-0.39, 0.29) is 0 Å². The number of rotatable bonds is 6. The normalized spacial score (nSPS) is 36.9. The van der Waals surface area contributed by atoms with E-state index in [0.717, 1.165) is 53.1 Å². The van der Waals surface area contributed by atoms with Crippen molar-refractivity contribution in [1.29, 1.82) is 0 Å². The maximum absolute atomic E-state index is 6.10. The highest BCUT2D eigenvalue weighted by atomic mass is 16.5. The van der Waals surface area contributed by atoms with Crippen LogP contribution in [0.3, 0.4) is 0 Å². The van der Waals surface area contributed by atoms with Gasteiger partial charge in [-0.2, -0.15) is 5.10 Å². The smallest absolute Gasteiger partial charge is 0.233 e. The molecule has 1 aliphatic heterocycles. The van der Waals surface area contributed by atoms with Crippen LogP contribution in [0.15, 0.2) is 18.3 Å². The maximum atomic E-state index is 6.10. The van der Waals surface area contributed by atoms with Crippen molar-refractivity contribution in [2.45, 2.75) is 65.7 Å². The molecule has 3 aliphatic carbocycles. The van der Waals surface area contributed by atoms with Crippen LogP contribution < -0.4 is 4.74 Å². The minimum Gasteiger partial charge on any atom is -0.476 e. The van der Waals surface area contributed by atoms with E-state index < -0.39 is 0 Å². The second kappa shape index (κ2) is 9.17. The van der Waals surface area contributed by atoms with Crippen LogP contribution in [0.25, 0.3) is 11.4 Å². The summed E-state index contributed by atoms with van der Waals surface area (Å²) in [6.07, 6.45) is 11.9. The van der Waals surface area contributed by atoms with Gasteiger partial charge in [0.1, 0.15) is 5.69 Å². The third-order valence-electron chi connectivity index (χ3n) is 9.71. The lowest BCUT2D eigenvalue weighted by Gasteiger charge is -2.51. The minimum atomic E-state index is 0.611. The molecule has 4 fully saturated rings. The molecular formula is C29H43N5O. The van der Waals surface area contributed by atoms with Crippen molar-refractivity contribution in [1.82, 2.24) is 24.9 Å². The van der Waals surface area contributed by atoms with Crippen LogP contribution in [0.1, 0.15) is 64.4 Å². The predicted octanol–water partition coefficient (Wildman–Crippen LogP) is 5.37. The van der Waals surface area contributed by atoms with Crippen molar-refractivity contribution in [3.63, 3.8) is 0 Å². The lowest BCUT2D eigenvalue weighted by Crippen LogP contribution is -2.46. The van der Waals surface area contributed by atoms with E-state index >= 15 is 0 Å². The van der Waals surface area contributed by atoms with Gasteiger partial charge in [-0.15, -0.1) is 10.2 Å². The molecular weight excluding hydrogens is 434 g/mol. The van der Waals surface area contributed by atoms with Gasteiger partial charge in [-0.05, 0) is 104 Å². The third kappa shape index (κ3) is 4.75. The highest BCUT2D eigenvalue weighted by Crippen LogP contribution is 2.54. The van der Waals surface area contributed by atoms with Crippen LogP contribution in [0.2, 0.25) is 0 Å². The van der Waals surface area contributed by atoms with E-state index in [0.29, 0.717) is 17.2 Å². The molecule has 0 amide bonds. The molecule has 2 bridgehead atoms. The zero-order valence-electron chi connectivity index (χ0n) is 22.1. The fraction of sp³-hybridized carbons (Fsp3) is 0.759. The number of aromatic nitrogens is 4. The summed E-state index contributed by atoms with van der Waals surface area (Å²) in [4.78, 5) is 2.87. The zero-order valence-corrected chi connectivity index (χ0v) is 22.1. The summed E-state index contributed by atoms with van der Waals surface area (Å²) in [5.41, 5.74) is 3.57. The molecule has 4 aliphatic rings. The molecule has 190 valence electrons. The second-order valence-corrected chi connectivity index (χ2v) is 13.1. The molecule has 35 heavy (non-hydrogen) atoms. The van der Waals surface area contributed by atoms with Gasteiger partial charge in [0.2, 0.25) is 5.88 Å². The van der Waals surface area contributed by atoms with Gasteiger partial charge in [0.05, 0.1) is 18.5 Å². The Morgan fingerprint density at radius 1 is 0.971 bits per heavy atom. The summed E-state index contributed by atoms with van der Waals surface area (Å²) < 4.78 is 7.95. The number of fused-ring (bicyclic) bond motifs is 3. The highest BCUT2D eigenvalue weighted by Gasteiger charge is 2.48.